The summed E-state index contributed by atoms with van der Waals surface area (Å²) < 4.78 is 45.0. The van der Waals surface area contributed by atoms with E-state index in [2.05, 4.69) is 15.3 Å². The SMILES string of the molecule is O=C(Nc1ccc2nc(-c3ccncc3)oc2c1)c1ccccc1C(F)(F)F. The molecule has 2 heterocycles. The van der Waals surface area contributed by atoms with Gasteiger partial charge in [-0.1, -0.05) is 12.1 Å². The summed E-state index contributed by atoms with van der Waals surface area (Å²) in [5.74, 6) is -0.482. The molecule has 0 radical (unpaired) electrons. The number of nitrogens with one attached hydrogen (secondary N) is 1. The molecule has 5 nitrogen and oxygen atoms in total. The molecule has 0 saturated carbocycles. The van der Waals surface area contributed by atoms with Gasteiger partial charge in [-0.15, -0.1) is 0 Å². The van der Waals surface area contributed by atoms with Gasteiger partial charge in [0.15, 0.2) is 5.58 Å². The maximum atomic E-state index is 13.1. The Labute approximate surface area is 156 Å². The number of aromatic nitrogens is 2. The lowest BCUT2D eigenvalue weighted by molar-refractivity contribution is -0.137. The summed E-state index contributed by atoms with van der Waals surface area (Å²) in [6, 6.07) is 12.8. The van der Waals surface area contributed by atoms with Gasteiger partial charge in [-0.25, -0.2) is 4.98 Å². The van der Waals surface area contributed by atoms with E-state index < -0.39 is 23.2 Å². The Bertz CT molecular complexity index is 1150. The smallest absolute Gasteiger partial charge is 0.417 e. The molecule has 0 bridgehead atoms. The van der Waals surface area contributed by atoms with Crippen LogP contribution in [-0.4, -0.2) is 15.9 Å². The first-order valence-electron chi connectivity index (χ1n) is 8.20. The quantitative estimate of drug-likeness (QED) is 0.531. The molecule has 0 atom stereocenters. The van der Waals surface area contributed by atoms with Gasteiger partial charge < -0.3 is 9.73 Å². The van der Waals surface area contributed by atoms with Crippen LogP contribution in [0.1, 0.15) is 15.9 Å². The summed E-state index contributed by atoms with van der Waals surface area (Å²) in [7, 11) is 0. The van der Waals surface area contributed by atoms with Crippen LogP contribution < -0.4 is 5.32 Å². The summed E-state index contributed by atoms with van der Waals surface area (Å²) in [5.41, 5.74) is 0.537. The molecule has 2 aromatic heterocycles. The van der Waals surface area contributed by atoms with E-state index in [0.717, 1.165) is 17.7 Å². The Kier molecular flexibility index (Phi) is 4.31. The summed E-state index contributed by atoms with van der Waals surface area (Å²) in [4.78, 5) is 20.7. The van der Waals surface area contributed by atoms with Gasteiger partial charge in [0.05, 0.1) is 11.1 Å². The number of amides is 1. The van der Waals surface area contributed by atoms with Crippen molar-refractivity contribution in [2.24, 2.45) is 0 Å². The molecular weight excluding hydrogens is 371 g/mol. The van der Waals surface area contributed by atoms with E-state index >= 15 is 0 Å². The standard InChI is InChI=1S/C20H12F3N3O2/c21-20(22,23)15-4-2-1-3-14(15)18(27)25-13-5-6-16-17(11-13)28-19(26-16)12-7-9-24-10-8-12/h1-11H,(H,25,27). The zero-order valence-electron chi connectivity index (χ0n) is 14.2. The summed E-state index contributed by atoms with van der Waals surface area (Å²) in [6.07, 6.45) is -1.41. The van der Waals surface area contributed by atoms with Crippen LogP contribution in [0.5, 0.6) is 0 Å². The fourth-order valence-electron chi connectivity index (χ4n) is 2.75. The molecule has 0 spiro atoms. The molecule has 4 aromatic rings. The van der Waals surface area contributed by atoms with Crippen molar-refractivity contribution in [2.45, 2.75) is 6.18 Å². The van der Waals surface area contributed by atoms with Crippen molar-refractivity contribution >= 4 is 22.7 Å². The Morgan fingerprint density at radius 1 is 1.00 bits per heavy atom. The minimum atomic E-state index is -4.62. The molecule has 0 saturated heterocycles. The van der Waals surface area contributed by atoms with Gasteiger partial charge >= 0.3 is 6.18 Å². The lowest BCUT2D eigenvalue weighted by atomic mass is 10.1. The number of carbonyl (C=O) groups excluding carboxylic acids is 1. The second-order valence-electron chi connectivity index (χ2n) is 5.93. The predicted octanol–water partition coefficient (Wildman–Crippen LogP) is 5.16. The number of fused-ring (bicyclic) bond motifs is 1. The number of pyridine rings is 1. The van der Waals surface area contributed by atoms with Crippen molar-refractivity contribution in [3.63, 3.8) is 0 Å². The average molecular weight is 383 g/mol. The van der Waals surface area contributed by atoms with E-state index in [1.165, 1.54) is 18.2 Å². The molecule has 0 unspecified atom stereocenters. The van der Waals surface area contributed by atoms with E-state index in [9.17, 15) is 18.0 Å². The number of benzene rings is 2. The number of halogens is 3. The van der Waals surface area contributed by atoms with Crippen LogP contribution >= 0.6 is 0 Å². The van der Waals surface area contributed by atoms with Gasteiger partial charge in [0.2, 0.25) is 5.89 Å². The zero-order chi connectivity index (χ0) is 19.7. The second-order valence-corrected chi connectivity index (χ2v) is 5.93. The highest BCUT2D eigenvalue weighted by Gasteiger charge is 2.34. The fourth-order valence-corrected chi connectivity index (χ4v) is 2.75. The number of nitrogens with zero attached hydrogens (tertiary/aromatic N) is 2. The molecule has 0 aliphatic heterocycles. The molecule has 0 aliphatic carbocycles. The monoisotopic (exact) mass is 383 g/mol. The van der Waals surface area contributed by atoms with Gasteiger partial charge in [0.25, 0.3) is 5.91 Å². The van der Waals surface area contributed by atoms with Gasteiger partial charge in [0.1, 0.15) is 5.52 Å². The highest BCUT2D eigenvalue weighted by molar-refractivity contribution is 6.06. The van der Waals surface area contributed by atoms with E-state index in [-0.39, 0.29) is 0 Å². The van der Waals surface area contributed by atoms with E-state index in [0.29, 0.717) is 22.7 Å². The topological polar surface area (TPSA) is 68.0 Å². The Hall–Kier alpha value is -3.68. The first kappa shape index (κ1) is 17.7. The van der Waals surface area contributed by atoms with E-state index in [1.807, 2.05) is 0 Å². The van der Waals surface area contributed by atoms with Crippen LogP contribution in [-0.2, 0) is 6.18 Å². The number of alkyl halides is 3. The van der Waals surface area contributed by atoms with Crippen molar-refractivity contribution in [2.75, 3.05) is 5.32 Å². The lowest BCUT2D eigenvalue weighted by Gasteiger charge is -2.12. The second kappa shape index (κ2) is 6.80. The van der Waals surface area contributed by atoms with Gasteiger partial charge in [-0.2, -0.15) is 13.2 Å². The summed E-state index contributed by atoms with van der Waals surface area (Å²) in [5, 5.41) is 2.48. The van der Waals surface area contributed by atoms with Crippen molar-refractivity contribution < 1.29 is 22.4 Å². The number of oxazole rings is 1. The molecule has 0 aliphatic rings. The molecule has 140 valence electrons. The molecule has 2 aromatic carbocycles. The zero-order valence-corrected chi connectivity index (χ0v) is 14.2. The van der Waals surface area contributed by atoms with Crippen LogP contribution in [0, 0.1) is 0 Å². The predicted molar refractivity (Wildman–Crippen MR) is 96.6 cm³/mol. The highest BCUT2D eigenvalue weighted by Crippen LogP contribution is 2.32. The van der Waals surface area contributed by atoms with Crippen molar-refractivity contribution in [3.05, 3.63) is 78.1 Å². The highest BCUT2D eigenvalue weighted by atomic mass is 19.4. The van der Waals surface area contributed by atoms with Crippen molar-refractivity contribution in [3.8, 4) is 11.5 Å². The third-order valence-electron chi connectivity index (χ3n) is 4.05. The van der Waals surface area contributed by atoms with Crippen molar-refractivity contribution in [1.29, 1.82) is 0 Å². The average Bonchev–Trinajstić information content (AvgIpc) is 3.11. The number of anilines is 1. The van der Waals surface area contributed by atoms with Gasteiger partial charge in [-0.05, 0) is 36.4 Å². The van der Waals surface area contributed by atoms with Gasteiger partial charge in [0, 0.05) is 29.7 Å². The van der Waals surface area contributed by atoms with Crippen LogP contribution in [0.4, 0.5) is 18.9 Å². The summed E-state index contributed by atoms with van der Waals surface area (Å²) >= 11 is 0. The van der Waals surface area contributed by atoms with Gasteiger partial charge in [-0.3, -0.25) is 9.78 Å². The van der Waals surface area contributed by atoms with Crippen molar-refractivity contribution in [1.82, 2.24) is 9.97 Å². The van der Waals surface area contributed by atoms with E-state index in [4.69, 9.17) is 4.42 Å². The Morgan fingerprint density at radius 2 is 1.75 bits per heavy atom. The minimum Gasteiger partial charge on any atom is -0.436 e. The fraction of sp³-hybridized carbons (Fsp3) is 0.0500. The van der Waals surface area contributed by atoms with Crippen LogP contribution in [0.25, 0.3) is 22.6 Å². The minimum absolute atomic E-state index is 0.298. The van der Waals surface area contributed by atoms with Crippen LogP contribution in [0.2, 0.25) is 0 Å². The third-order valence-corrected chi connectivity index (χ3v) is 4.05. The molecule has 28 heavy (non-hydrogen) atoms. The number of hydrogen-bond donors (Lipinski definition) is 1. The maximum absolute atomic E-state index is 13.1. The number of hydrogen-bond acceptors (Lipinski definition) is 4. The number of carbonyl (C=O) groups is 1. The van der Waals surface area contributed by atoms with Crippen LogP contribution in [0.15, 0.2) is 71.4 Å². The molecule has 0 fully saturated rings. The third kappa shape index (κ3) is 3.44. The molecule has 1 N–H and O–H groups in total. The van der Waals surface area contributed by atoms with Crippen LogP contribution in [0.3, 0.4) is 0 Å². The largest absolute Gasteiger partial charge is 0.436 e. The molecule has 8 heteroatoms. The summed E-state index contributed by atoms with van der Waals surface area (Å²) in [6.45, 7) is 0. The molecular formula is C20H12F3N3O2. The molecule has 1 amide bonds. The molecule has 4 rings (SSSR count). The first-order chi connectivity index (χ1) is 13.4. The van der Waals surface area contributed by atoms with E-state index in [1.54, 1.807) is 36.7 Å². The normalized spacial score (nSPS) is 11.5. The number of rotatable bonds is 3. The maximum Gasteiger partial charge on any atom is 0.417 e. The Morgan fingerprint density at radius 3 is 2.50 bits per heavy atom. The first-order valence-corrected chi connectivity index (χ1v) is 8.20. The lowest BCUT2D eigenvalue weighted by Crippen LogP contribution is -2.18. The Balaban J connectivity index is 1.63.